The van der Waals surface area contributed by atoms with Crippen molar-refractivity contribution < 1.29 is 4.42 Å². The van der Waals surface area contributed by atoms with Crippen molar-refractivity contribution in [3.8, 4) is 0 Å². The molecule has 0 atom stereocenters. The van der Waals surface area contributed by atoms with Crippen LogP contribution in [0.25, 0.3) is 21.9 Å². The standard InChI is InChI=1S/C20H19N5O.ClH/c21-19(22)12-3-6-18-14(7-12)9-16(26-18)5-4-15-8-11-1-2-13(20(23)24)10-17(11)25-15;/h1-3,6-10,25H,4-5H2,(H3,21,22)(H3,23,24);1H. The van der Waals surface area contributed by atoms with Crippen LogP contribution in [0.4, 0.5) is 0 Å². The molecule has 4 rings (SSSR count). The molecule has 138 valence electrons. The van der Waals surface area contributed by atoms with Gasteiger partial charge in [-0.15, -0.1) is 12.4 Å². The third-order valence-electron chi connectivity index (χ3n) is 4.51. The maximum atomic E-state index is 7.54. The Morgan fingerprint density at radius 1 is 0.852 bits per heavy atom. The van der Waals surface area contributed by atoms with E-state index in [9.17, 15) is 0 Å². The van der Waals surface area contributed by atoms with Crippen molar-refractivity contribution in [2.75, 3.05) is 0 Å². The highest BCUT2D eigenvalue weighted by molar-refractivity contribution is 5.99. The summed E-state index contributed by atoms with van der Waals surface area (Å²) in [5, 5.41) is 17.1. The Bertz CT molecular complexity index is 1070. The number of furan rings is 1. The summed E-state index contributed by atoms with van der Waals surface area (Å²) in [6.07, 6.45) is 1.57. The minimum absolute atomic E-state index is 0. The van der Waals surface area contributed by atoms with E-state index in [0.717, 1.165) is 46.2 Å². The largest absolute Gasteiger partial charge is 0.461 e. The molecule has 0 saturated heterocycles. The van der Waals surface area contributed by atoms with E-state index in [-0.39, 0.29) is 24.1 Å². The molecule has 7 N–H and O–H groups in total. The van der Waals surface area contributed by atoms with Gasteiger partial charge in [0.2, 0.25) is 0 Å². The summed E-state index contributed by atoms with van der Waals surface area (Å²) in [7, 11) is 0. The third kappa shape index (κ3) is 3.66. The van der Waals surface area contributed by atoms with E-state index in [1.165, 1.54) is 0 Å². The van der Waals surface area contributed by atoms with Gasteiger partial charge in [0.05, 0.1) is 0 Å². The predicted molar refractivity (Wildman–Crippen MR) is 111 cm³/mol. The summed E-state index contributed by atoms with van der Waals surface area (Å²) < 4.78 is 5.88. The Balaban J connectivity index is 0.00000210. The van der Waals surface area contributed by atoms with Gasteiger partial charge in [0.15, 0.2) is 0 Å². The van der Waals surface area contributed by atoms with Gasteiger partial charge in [0, 0.05) is 34.1 Å². The summed E-state index contributed by atoms with van der Waals surface area (Å²) in [6.45, 7) is 0. The summed E-state index contributed by atoms with van der Waals surface area (Å²) in [5.74, 6) is 1.01. The SMILES string of the molecule is Cl.N=C(N)c1ccc2oc(CCc3cc4ccc(C(=N)N)cc4[nH]3)cc2c1. The Labute approximate surface area is 162 Å². The van der Waals surface area contributed by atoms with Gasteiger partial charge in [-0.3, -0.25) is 10.8 Å². The van der Waals surface area contributed by atoms with Crippen molar-refractivity contribution >= 4 is 46.0 Å². The molecule has 0 fully saturated rings. The second-order valence-corrected chi connectivity index (χ2v) is 6.39. The Morgan fingerprint density at radius 3 is 2.30 bits per heavy atom. The number of nitrogens with two attached hydrogens (primary N) is 2. The first-order valence-electron chi connectivity index (χ1n) is 8.32. The molecule has 0 saturated carbocycles. The lowest BCUT2D eigenvalue weighted by atomic mass is 10.1. The highest BCUT2D eigenvalue weighted by Crippen LogP contribution is 2.23. The number of nitrogen functional groups attached to an aromatic ring is 2. The summed E-state index contributed by atoms with van der Waals surface area (Å²) in [5.41, 5.74) is 15.4. The van der Waals surface area contributed by atoms with E-state index in [2.05, 4.69) is 11.1 Å². The zero-order valence-corrected chi connectivity index (χ0v) is 15.3. The molecule has 0 bridgehead atoms. The highest BCUT2D eigenvalue weighted by atomic mass is 35.5. The van der Waals surface area contributed by atoms with Crippen molar-refractivity contribution in [3.05, 3.63) is 71.1 Å². The number of amidine groups is 2. The number of fused-ring (bicyclic) bond motifs is 2. The van der Waals surface area contributed by atoms with Crippen LogP contribution in [-0.4, -0.2) is 16.7 Å². The Kier molecular flexibility index (Phi) is 4.92. The molecule has 0 spiro atoms. The summed E-state index contributed by atoms with van der Waals surface area (Å²) in [6, 6.07) is 15.3. The van der Waals surface area contributed by atoms with Gasteiger partial charge in [0.1, 0.15) is 23.0 Å². The van der Waals surface area contributed by atoms with Crippen LogP contribution in [0.2, 0.25) is 0 Å². The van der Waals surface area contributed by atoms with Crippen LogP contribution >= 0.6 is 12.4 Å². The average molecular weight is 382 g/mol. The molecule has 7 heteroatoms. The number of aryl methyl sites for hydroxylation is 2. The molecule has 6 nitrogen and oxygen atoms in total. The second kappa shape index (κ2) is 7.17. The molecule has 27 heavy (non-hydrogen) atoms. The molecule has 0 amide bonds. The first-order chi connectivity index (χ1) is 12.5. The Hall–Kier alpha value is -3.25. The number of hydrogen-bond acceptors (Lipinski definition) is 3. The zero-order valence-electron chi connectivity index (χ0n) is 14.5. The van der Waals surface area contributed by atoms with Gasteiger partial charge in [-0.05, 0) is 48.2 Å². The fraction of sp³-hybridized carbons (Fsp3) is 0.100. The lowest BCUT2D eigenvalue weighted by Gasteiger charge is -1.97. The van der Waals surface area contributed by atoms with Crippen LogP contribution in [-0.2, 0) is 12.8 Å². The van der Waals surface area contributed by atoms with Crippen molar-refractivity contribution in [3.63, 3.8) is 0 Å². The maximum Gasteiger partial charge on any atom is 0.134 e. The van der Waals surface area contributed by atoms with Gasteiger partial charge in [0.25, 0.3) is 0 Å². The molecular weight excluding hydrogens is 362 g/mol. The quantitative estimate of drug-likeness (QED) is 0.267. The first kappa shape index (κ1) is 18.5. The number of halogens is 1. The van der Waals surface area contributed by atoms with Crippen LogP contribution in [0.1, 0.15) is 22.6 Å². The fourth-order valence-corrected chi connectivity index (χ4v) is 3.14. The maximum absolute atomic E-state index is 7.54. The van der Waals surface area contributed by atoms with Gasteiger partial charge in [-0.2, -0.15) is 0 Å². The van der Waals surface area contributed by atoms with Crippen LogP contribution in [0.3, 0.4) is 0 Å². The third-order valence-corrected chi connectivity index (χ3v) is 4.51. The number of benzene rings is 2. The second-order valence-electron chi connectivity index (χ2n) is 6.39. The zero-order chi connectivity index (χ0) is 18.3. The lowest BCUT2D eigenvalue weighted by Crippen LogP contribution is -2.10. The molecule has 2 aromatic carbocycles. The predicted octanol–water partition coefficient (Wildman–Crippen LogP) is 3.69. The van der Waals surface area contributed by atoms with Gasteiger partial charge in [-0.25, -0.2) is 0 Å². The molecule has 0 unspecified atom stereocenters. The lowest BCUT2D eigenvalue weighted by molar-refractivity contribution is 0.546. The van der Waals surface area contributed by atoms with E-state index < -0.39 is 0 Å². The minimum Gasteiger partial charge on any atom is -0.461 e. The van der Waals surface area contributed by atoms with Crippen molar-refractivity contribution in [1.82, 2.24) is 4.98 Å². The van der Waals surface area contributed by atoms with E-state index >= 15 is 0 Å². The molecule has 0 radical (unpaired) electrons. The average Bonchev–Trinajstić information content (AvgIpc) is 3.21. The number of H-pyrrole nitrogens is 1. The van der Waals surface area contributed by atoms with Gasteiger partial charge in [-0.1, -0.05) is 12.1 Å². The van der Waals surface area contributed by atoms with Crippen LogP contribution in [0.5, 0.6) is 0 Å². The number of nitrogens with one attached hydrogen (secondary N) is 3. The van der Waals surface area contributed by atoms with E-state index in [1.807, 2.05) is 36.4 Å². The highest BCUT2D eigenvalue weighted by Gasteiger charge is 2.08. The molecule has 0 aliphatic carbocycles. The number of aromatic amines is 1. The van der Waals surface area contributed by atoms with Crippen molar-refractivity contribution in [2.24, 2.45) is 11.5 Å². The number of hydrogen-bond donors (Lipinski definition) is 5. The molecule has 2 heterocycles. The van der Waals surface area contributed by atoms with Crippen LogP contribution in [0.15, 0.2) is 52.9 Å². The van der Waals surface area contributed by atoms with Gasteiger partial charge < -0.3 is 20.9 Å². The van der Waals surface area contributed by atoms with E-state index in [0.29, 0.717) is 11.1 Å². The fourth-order valence-electron chi connectivity index (χ4n) is 3.14. The summed E-state index contributed by atoms with van der Waals surface area (Å²) >= 11 is 0. The summed E-state index contributed by atoms with van der Waals surface area (Å²) in [4.78, 5) is 3.38. The Morgan fingerprint density at radius 2 is 1.56 bits per heavy atom. The molecule has 0 aliphatic rings. The van der Waals surface area contributed by atoms with Crippen molar-refractivity contribution in [1.29, 1.82) is 10.8 Å². The van der Waals surface area contributed by atoms with E-state index in [1.54, 1.807) is 6.07 Å². The van der Waals surface area contributed by atoms with Crippen LogP contribution in [0, 0.1) is 10.8 Å². The minimum atomic E-state index is 0. The topological polar surface area (TPSA) is 129 Å². The normalized spacial score (nSPS) is 10.8. The molecule has 0 aliphatic heterocycles. The van der Waals surface area contributed by atoms with Crippen LogP contribution < -0.4 is 11.5 Å². The smallest absolute Gasteiger partial charge is 0.134 e. The first-order valence-corrected chi connectivity index (χ1v) is 8.32. The van der Waals surface area contributed by atoms with Crippen molar-refractivity contribution in [2.45, 2.75) is 12.8 Å². The molecule has 4 aromatic rings. The number of aromatic nitrogens is 1. The number of rotatable bonds is 5. The van der Waals surface area contributed by atoms with E-state index in [4.69, 9.17) is 26.7 Å². The van der Waals surface area contributed by atoms with Gasteiger partial charge >= 0.3 is 0 Å². The monoisotopic (exact) mass is 381 g/mol. The molecular formula is C20H20ClN5O. The molecule has 2 aromatic heterocycles.